The highest BCUT2D eigenvalue weighted by Crippen LogP contribution is 2.18. The smallest absolute Gasteiger partial charge is 0.274 e. The lowest BCUT2D eigenvalue weighted by atomic mass is 10.1. The van der Waals surface area contributed by atoms with Crippen molar-refractivity contribution in [2.24, 2.45) is 0 Å². The van der Waals surface area contributed by atoms with E-state index in [1.165, 1.54) is 6.33 Å². The van der Waals surface area contributed by atoms with E-state index in [2.05, 4.69) is 25.8 Å². The number of pyridine rings is 1. The number of hydrogen-bond acceptors (Lipinski definition) is 5. The number of rotatable bonds is 3. The summed E-state index contributed by atoms with van der Waals surface area (Å²) in [5, 5.41) is 13.9. The van der Waals surface area contributed by atoms with Crippen molar-refractivity contribution in [3.8, 4) is 5.69 Å². The maximum absolute atomic E-state index is 12.2. The molecule has 1 amide bonds. The van der Waals surface area contributed by atoms with Crippen LogP contribution in [0.1, 0.15) is 21.7 Å². The van der Waals surface area contributed by atoms with Crippen molar-refractivity contribution >= 4 is 11.6 Å². The summed E-state index contributed by atoms with van der Waals surface area (Å²) in [6.07, 6.45) is 1.53. The topological polar surface area (TPSA) is 85.6 Å². The average Bonchev–Trinajstić information content (AvgIpc) is 3.01. The van der Waals surface area contributed by atoms with E-state index in [0.29, 0.717) is 11.4 Å². The molecule has 0 unspecified atom stereocenters. The van der Waals surface area contributed by atoms with Crippen molar-refractivity contribution in [2.45, 2.75) is 13.8 Å². The molecule has 7 nitrogen and oxygen atoms in total. The lowest BCUT2D eigenvalue weighted by Crippen LogP contribution is -2.14. The molecule has 7 heteroatoms. The van der Waals surface area contributed by atoms with E-state index in [1.54, 1.807) is 16.8 Å². The van der Waals surface area contributed by atoms with Crippen molar-refractivity contribution in [3.63, 3.8) is 0 Å². The largest absolute Gasteiger partial charge is 0.321 e. The van der Waals surface area contributed by atoms with Gasteiger partial charge in [0.15, 0.2) is 0 Å². The third kappa shape index (κ3) is 2.83. The third-order valence-corrected chi connectivity index (χ3v) is 3.17. The summed E-state index contributed by atoms with van der Waals surface area (Å²) in [4.78, 5) is 16.4. The molecule has 0 spiro atoms. The molecule has 22 heavy (non-hydrogen) atoms. The van der Waals surface area contributed by atoms with E-state index < -0.39 is 0 Å². The first kappa shape index (κ1) is 13.9. The molecule has 0 fully saturated rings. The van der Waals surface area contributed by atoms with Gasteiger partial charge in [-0.1, -0.05) is 6.07 Å². The van der Waals surface area contributed by atoms with Crippen molar-refractivity contribution in [1.29, 1.82) is 0 Å². The van der Waals surface area contributed by atoms with E-state index >= 15 is 0 Å². The number of anilines is 1. The Labute approximate surface area is 127 Å². The van der Waals surface area contributed by atoms with Gasteiger partial charge in [0.05, 0.1) is 5.69 Å². The van der Waals surface area contributed by atoms with Crippen LogP contribution in [0.25, 0.3) is 5.69 Å². The number of carbonyl (C=O) groups is 1. The Balaban J connectivity index is 1.81. The predicted molar refractivity (Wildman–Crippen MR) is 80.8 cm³/mol. The molecule has 0 saturated carbocycles. The fourth-order valence-electron chi connectivity index (χ4n) is 2.13. The molecule has 0 atom stereocenters. The quantitative estimate of drug-likeness (QED) is 0.797. The minimum absolute atomic E-state index is 0.238. The minimum Gasteiger partial charge on any atom is -0.321 e. The van der Waals surface area contributed by atoms with Gasteiger partial charge in [-0.25, -0.2) is 9.67 Å². The maximum atomic E-state index is 12.2. The van der Waals surface area contributed by atoms with Crippen LogP contribution in [0.4, 0.5) is 5.69 Å². The molecule has 0 saturated heterocycles. The van der Waals surface area contributed by atoms with Crippen molar-refractivity contribution in [2.75, 3.05) is 5.32 Å². The Bertz CT molecular complexity index is 813. The molecule has 0 aliphatic heterocycles. The van der Waals surface area contributed by atoms with Crippen molar-refractivity contribution in [3.05, 3.63) is 59.7 Å². The van der Waals surface area contributed by atoms with Crippen molar-refractivity contribution in [1.82, 2.24) is 25.2 Å². The summed E-state index contributed by atoms with van der Waals surface area (Å²) in [7, 11) is 0. The van der Waals surface area contributed by atoms with Crippen LogP contribution in [0, 0.1) is 13.8 Å². The maximum Gasteiger partial charge on any atom is 0.274 e. The molecule has 1 N–H and O–H groups in total. The number of aryl methyl sites for hydroxylation is 2. The Morgan fingerprint density at radius 3 is 2.73 bits per heavy atom. The summed E-state index contributed by atoms with van der Waals surface area (Å²) in [6, 6.07) is 10.9. The van der Waals surface area contributed by atoms with Crippen LogP contribution < -0.4 is 5.32 Å². The summed E-state index contributed by atoms with van der Waals surface area (Å²) >= 11 is 0. The van der Waals surface area contributed by atoms with Gasteiger partial charge in [-0.2, -0.15) is 0 Å². The highest BCUT2D eigenvalue weighted by atomic mass is 16.1. The number of aromatic nitrogens is 5. The van der Waals surface area contributed by atoms with Gasteiger partial charge in [-0.05, 0) is 60.2 Å². The lowest BCUT2D eigenvalue weighted by molar-refractivity contribution is 0.102. The van der Waals surface area contributed by atoms with Gasteiger partial charge >= 0.3 is 0 Å². The van der Waals surface area contributed by atoms with Gasteiger partial charge in [0, 0.05) is 11.4 Å². The zero-order chi connectivity index (χ0) is 15.5. The van der Waals surface area contributed by atoms with E-state index in [0.717, 1.165) is 16.9 Å². The number of tetrazole rings is 1. The van der Waals surface area contributed by atoms with Crippen LogP contribution in [-0.2, 0) is 0 Å². The molecule has 1 aromatic carbocycles. The SMILES string of the molecule is Cc1cccc(C(=O)Nc2ccc(-n3cnnn3)c(C)c2)n1. The molecule has 3 aromatic rings. The first-order valence-electron chi connectivity index (χ1n) is 6.72. The summed E-state index contributed by atoms with van der Waals surface area (Å²) in [6.45, 7) is 3.78. The number of nitrogens with one attached hydrogen (secondary N) is 1. The van der Waals surface area contributed by atoms with Gasteiger partial charge in [-0.3, -0.25) is 4.79 Å². The van der Waals surface area contributed by atoms with Gasteiger partial charge in [0.25, 0.3) is 5.91 Å². The Kier molecular flexibility index (Phi) is 3.61. The van der Waals surface area contributed by atoms with E-state index in [1.807, 2.05) is 38.1 Å². The van der Waals surface area contributed by atoms with Crippen LogP contribution in [0.3, 0.4) is 0 Å². The molecule has 0 aliphatic carbocycles. The number of amides is 1. The second-order valence-corrected chi connectivity index (χ2v) is 4.87. The fraction of sp³-hybridized carbons (Fsp3) is 0.133. The van der Waals surface area contributed by atoms with Crippen LogP contribution >= 0.6 is 0 Å². The summed E-state index contributed by atoms with van der Waals surface area (Å²) in [5.74, 6) is -0.238. The first-order valence-corrected chi connectivity index (χ1v) is 6.72. The van der Waals surface area contributed by atoms with Crippen LogP contribution in [0.15, 0.2) is 42.7 Å². The molecule has 3 rings (SSSR count). The number of nitrogens with zero attached hydrogens (tertiary/aromatic N) is 5. The molecule has 2 heterocycles. The monoisotopic (exact) mass is 294 g/mol. The minimum atomic E-state index is -0.238. The normalized spacial score (nSPS) is 10.5. The second kappa shape index (κ2) is 5.72. The molecule has 2 aromatic heterocycles. The molecule has 0 radical (unpaired) electrons. The molecular formula is C15H14N6O. The van der Waals surface area contributed by atoms with Gasteiger partial charge in [0.1, 0.15) is 12.0 Å². The van der Waals surface area contributed by atoms with Crippen LogP contribution in [-0.4, -0.2) is 31.1 Å². The van der Waals surface area contributed by atoms with Gasteiger partial charge in [-0.15, -0.1) is 5.10 Å². The summed E-state index contributed by atoms with van der Waals surface area (Å²) < 4.78 is 1.57. The fourth-order valence-corrected chi connectivity index (χ4v) is 2.13. The second-order valence-electron chi connectivity index (χ2n) is 4.87. The van der Waals surface area contributed by atoms with Crippen molar-refractivity contribution < 1.29 is 4.79 Å². The van der Waals surface area contributed by atoms with Crippen LogP contribution in [0.5, 0.6) is 0 Å². The lowest BCUT2D eigenvalue weighted by Gasteiger charge is -2.09. The highest BCUT2D eigenvalue weighted by Gasteiger charge is 2.09. The third-order valence-electron chi connectivity index (χ3n) is 3.17. The van der Waals surface area contributed by atoms with E-state index in [4.69, 9.17) is 0 Å². The predicted octanol–water partition coefficient (Wildman–Crippen LogP) is 1.93. The molecule has 110 valence electrons. The number of hydrogen-bond donors (Lipinski definition) is 1. The average molecular weight is 294 g/mol. The first-order chi connectivity index (χ1) is 10.6. The standard InChI is InChI=1S/C15H14N6O/c1-10-8-12(6-7-14(10)21-9-16-19-20-21)18-15(22)13-5-3-4-11(2)17-13/h3-9H,1-2H3,(H,18,22). The zero-order valence-corrected chi connectivity index (χ0v) is 12.2. The Hall–Kier alpha value is -3.09. The number of benzene rings is 1. The Morgan fingerprint density at radius 2 is 2.05 bits per heavy atom. The molecule has 0 aliphatic rings. The molecule has 0 bridgehead atoms. The Morgan fingerprint density at radius 1 is 1.18 bits per heavy atom. The summed E-state index contributed by atoms with van der Waals surface area (Å²) in [5.41, 5.74) is 3.70. The zero-order valence-electron chi connectivity index (χ0n) is 12.2. The van der Waals surface area contributed by atoms with Gasteiger partial charge in [0.2, 0.25) is 0 Å². The van der Waals surface area contributed by atoms with Crippen LogP contribution in [0.2, 0.25) is 0 Å². The molecular weight excluding hydrogens is 280 g/mol. The number of carbonyl (C=O) groups excluding carboxylic acids is 1. The van der Waals surface area contributed by atoms with E-state index in [-0.39, 0.29) is 5.91 Å². The van der Waals surface area contributed by atoms with E-state index in [9.17, 15) is 4.79 Å². The van der Waals surface area contributed by atoms with Gasteiger partial charge < -0.3 is 5.32 Å². The highest BCUT2D eigenvalue weighted by molar-refractivity contribution is 6.02.